The first-order chi connectivity index (χ1) is 6.48. The van der Waals surface area contributed by atoms with E-state index in [4.69, 9.17) is 0 Å². The average Bonchev–Trinajstić information content (AvgIpc) is 2.47. The molecule has 1 aromatic carbocycles. The molecule has 0 spiro atoms. The van der Waals surface area contributed by atoms with Gasteiger partial charge in [-0.1, -0.05) is 0 Å². The largest absolute Gasteiger partial charge is 0.419 e. The third kappa shape index (κ3) is 1.48. The standard InChI is InChI=1S/C9H3F4S/c10-7-4-8-5(1-2-14-8)3-6(7)9(11,12)13/h1,3-4H. The van der Waals surface area contributed by atoms with Crippen LogP contribution in [0.15, 0.2) is 18.2 Å². The van der Waals surface area contributed by atoms with E-state index in [1.807, 2.05) is 0 Å². The maximum absolute atomic E-state index is 13.0. The fourth-order valence-corrected chi connectivity index (χ4v) is 1.86. The van der Waals surface area contributed by atoms with Gasteiger partial charge in [0.1, 0.15) is 5.82 Å². The number of benzene rings is 1. The second-order valence-electron chi connectivity index (χ2n) is 2.73. The molecule has 73 valence electrons. The lowest BCUT2D eigenvalue weighted by Gasteiger charge is -2.07. The molecule has 0 nitrogen and oxygen atoms in total. The third-order valence-corrected chi connectivity index (χ3v) is 2.60. The van der Waals surface area contributed by atoms with Crippen LogP contribution in [-0.4, -0.2) is 0 Å². The number of hydrogen-bond acceptors (Lipinski definition) is 1. The molecule has 0 aliphatic rings. The summed E-state index contributed by atoms with van der Waals surface area (Å²) < 4.78 is 50.1. The van der Waals surface area contributed by atoms with E-state index in [2.05, 4.69) is 5.38 Å². The molecule has 0 atom stereocenters. The molecule has 0 unspecified atom stereocenters. The van der Waals surface area contributed by atoms with Crippen LogP contribution >= 0.6 is 11.3 Å². The predicted octanol–water partition coefficient (Wildman–Crippen LogP) is 3.86. The highest BCUT2D eigenvalue weighted by atomic mass is 32.1. The highest BCUT2D eigenvalue weighted by molar-refractivity contribution is 7.16. The molecule has 0 saturated heterocycles. The summed E-state index contributed by atoms with van der Waals surface area (Å²) >= 11 is 1.09. The lowest BCUT2D eigenvalue weighted by molar-refractivity contribution is -0.139. The first-order valence-electron chi connectivity index (χ1n) is 3.65. The molecule has 1 aromatic heterocycles. The maximum atomic E-state index is 13.0. The van der Waals surface area contributed by atoms with E-state index >= 15 is 0 Å². The van der Waals surface area contributed by atoms with Crippen molar-refractivity contribution >= 4 is 21.4 Å². The Hall–Kier alpha value is -1.10. The van der Waals surface area contributed by atoms with Crippen molar-refractivity contribution in [3.05, 3.63) is 35.0 Å². The van der Waals surface area contributed by atoms with Crippen LogP contribution in [0.2, 0.25) is 0 Å². The molecule has 0 aliphatic heterocycles. The molecule has 0 aliphatic carbocycles. The van der Waals surface area contributed by atoms with Gasteiger partial charge >= 0.3 is 6.18 Å². The first kappa shape index (κ1) is 9.45. The normalized spacial score (nSPS) is 12.3. The zero-order chi connectivity index (χ0) is 10.3. The van der Waals surface area contributed by atoms with Crippen molar-refractivity contribution in [1.82, 2.24) is 0 Å². The Kier molecular flexibility index (Phi) is 1.99. The summed E-state index contributed by atoms with van der Waals surface area (Å²) in [5, 5.41) is 3.02. The van der Waals surface area contributed by atoms with Crippen LogP contribution < -0.4 is 0 Å². The monoisotopic (exact) mass is 219 g/mol. The van der Waals surface area contributed by atoms with E-state index in [1.165, 1.54) is 6.07 Å². The van der Waals surface area contributed by atoms with Crippen molar-refractivity contribution in [2.45, 2.75) is 6.18 Å². The van der Waals surface area contributed by atoms with Crippen molar-refractivity contribution in [3.63, 3.8) is 0 Å². The Morgan fingerprint density at radius 2 is 1.93 bits per heavy atom. The molecule has 1 heterocycles. The van der Waals surface area contributed by atoms with Gasteiger partial charge in [0.25, 0.3) is 0 Å². The molecule has 0 bridgehead atoms. The summed E-state index contributed by atoms with van der Waals surface area (Å²) in [5.74, 6) is -1.24. The molecule has 5 heteroatoms. The second kappa shape index (κ2) is 2.95. The molecule has 2 aromatic rings. The summed E-state index contributed by atoms with van der Waals surface area (Å²) in [6.07, 6.45) is -4.64. The Morgan fingerprint density at radius 1 is 1.21 bits per heavy atom. The Bertz CT molecular complexity index is 469. The van der Waals surface area contributed by atoms with Crippen molar-refractivity contribution in [2.75, 3.05) is 0 Å². The van der Waals surface area contributed by atoms with Gasteiger partial charge in [-0.3, -0.25) is 0 Å². The molecule has 14 heavy (non-hydrogen) atoms. The zero-order valence-corrected chi connectivity index (χ0v) is 7.47. The van der Waals surface area contributed by atoms with Crippen LogP contribution in [0.25, 0.3) is 10.1 Å². The van der Waals surface area contributed by atoms with Gasteiger partial charge in [-0.25, -0.2) is 4.39 Å². The predicted molar refractivity (Wildman–Crippen MR) is 45.6 cm³/mol. The van der Waals surface area contributed by atoms with E-state index < -0.39 is 17.6 Å². The van der Waals surface area contributed by atoms with E-state index in [1.54, 1.807) is 0 Å². The molecular formula is C9H3F4S. The quantitative estimate of drug-likeness (QED) is 0.590. The van der Waals surface area contributed by atoms with E-state index in [-0.39, 0.29) is 0 Å². The van der Waals surface area contributed by atoms with Gasteiger partial charge in [0, 0.05) is 10.1 Å². The van der Waals surface area contributed by atoms with E-state index in [9.17, 15) is 17.6 Å². The summed E-state index contributed by atoms with van der Waals surface area (Å²) in [5.41, 5.74) is -1.23. The second-order valence-corrected chi connectivity index (χ2v) is 3.61. The third-order valence-electron chi connectivity index (χ3n) is 1.79. The Balaban J connectivity index is 2.71. The van der Waals surface area contributed by atoms with Crippen molar-refractivity contribution in [1.29, 1.82) is 0 Å². The number of fused-ring (bicyclic) bond motifs is 1. The average molecular weight is 219 g/mol. The van der Waals surface area contributed by atoms with Crippen molar-refractivity contribution in [2.24, 2.45) is 0 Å². The van der Waals surface area contributed by atoms with Gasteiger partial charge in [-0.15, -0.1) is 11.3 Å². The lowest BCUT2D eigenvalue weighted by Crippen LogP contribution is -2.07. The molecular weight excluding hydrogens is 216 g/mol. The molecule has 0 amide bonds. The van der Waals surface area contributed by atoms with Crippen LogP contribution in [0.5, 0.6) is 0 Å². The van der Waals surface area contributed by atoms with Crippen LogP contribution in [0.1, 0.15) is 5.56 Å². The van der Waals surface area contributed by atoms with Crippen LogP contribution in [-0.2, 0) is 6.18 Å². The maximum Gasteiger partial charge on any atom is 0.419 e. The SMILES string of the molecule is Fc1cc2s[c]cc2cc1C(F)(F)F. The van der Waals surface area contributed by atoms with Gasteiger partial charge < -0.3 is 0 Å². The summed E-state index contributed by atoms with van der Waals surface area (Å²) in [7, 11) is 0. The summed E-state index contributed by atoms with van der Waals surface area (Å²) in [4.78, 5) is 0. The summed E-state index contributed by atoms with van der Waals surface area (Å²) in [6.45, 7) is 0. The lowest BCUT2D eigenvalue weighted by atomic mass is 10.1. The fraction of sp³-hybridized carbons (Fsp3) is 0.111. The van der Waals surface area contributed by atoms with Gasteiger partial charge in [0.2, 0.25) is 0 Å². The van der Waals surface area contributed by atoms with Gasteiger partial charge in [-0.2, -0.15) is 13.2 Å². The minimum Gasteiger partial charge on any atom is -0.206 e. The van der Waals surface area contributed by atoms with Crippen LogP contribution in [0.3, 0.4) is 0 Å². The topological polar surface area (TPSA) is 0 Å². The van der Waals surface area contributed by atoms with Gasteiger partial charge in [0.05, 0.1) is 5.56 Å². The molecule has 1 radical (unpaired) electrons. The zero-order valence-electron chi connectivity index (χ0n) is 6.65. The summed E-state index contributed by atoms with van der Waals surface area (Å²) in [6, 6.07) is 3.10. The Morgan fingerprint density at radius 3 is 2.57 bits per heavy atom. The highest BCUT2D eigenvalue weighted by Gasteiger charge is 2.34. The van der Waals surface area contributed by atoms with Crippen LogP contribution in [0.4, 0.5) is 17.6 Å². The number of halogens is 4. The minimum atomic E-state index is -4.64. The minimum absolute atomic E-state index is 0.365. The van der Waals surface area contributed by atoms with Gasteiger partial charge in [-0.05, 0) is 23.6 Å². The number of rotatable bonds is 0. The fourth-order valence-electron chi connectivity index (χ4n) is 1.15. The van der Waals surface area contributed by atoms with Crippen molar-refractivity contribution < 1.29 is 17.6 Å². The van der Waals surface area contributed by atoms with E-state index in [0.29, 0.717) is 10.1 Å². The number of alkyl halides is 3. The first-order valence-corrected chi connectivity index (χ1v) is 4.46. The number of hydrogen-bond donors (Lipinski definition) is 0. The van der Waals surface area contributed by atoms with Crippen molar-refractivity contribution in [3.8, 4) is 0 Å². The Labute approximate surface area is 80.8 Å². The van der Waals surface area contributed by atoms with Crippen LogP contribution in [0, 0.1) is 11.2 Å². The van der Waals surface area contributed by atoms with Gasteiger partial charge in [0.15, 0.2) is 0 Å². The molecule has 0 saturated carbocycles. The molecule has 0 N–H and O–H groups in total. The molecule has 0 fully saturated rings. The highest BCUT2D eigenvalue weighted by Crippen LogP contribution is 2.34. The van der Waals surface area contributed by atoms with E-state index in [0.717, 1.165) is 23.5 Å². The number of thiophene rings is 1. The smallest absolute Gasteiger partial charge is 0.206 e. The molecule has 2 rings (SSSR count).